The van der Waals surface area contributed by atoms with Gasteiger partial charge in [-0.05, 0) is 49.2 Å². The van der Waals surface area contributed by atoms with E-state index in [1.807, 2.05) is 50.2 Å². The number of ether oxygens (including phenoxy) is 1. The summed E-state index contributed by atoms with van der Waals surface area (Å²) in [5.41, 5.74) is 4.07. The quantitative estimate of drug-likeness (QED) is 0.491. The van der Waals surface area contributed by atoms with Gasteiger partial charge >= 0.3 is 5.97 Å². The summed E-state index contributed by atoms with van der Waals surface area (Å²) in [5, 5.41) is 0. The number of aryl methyl sites for hydroxylation is 2. The number of nitrogens with zero attached hydrogens (tertiary/aromatic N) is 1. The van der Waals surface area contributed by atoms with Gasteiger partial charge in [-0.2, -0.15) is 0 Å². The topological polar surface area (TPSA) is 63.7 Å². The van der Waals surface area contributed by atoms with Gasteiger partial charge in [-0.1, -0.05) is 48.0 Å². The molecule has 0 N–H and O–H groups in total. The van der Waals surface area contributed by atoms with Crippen molar-refractivity contribution in [3.63, 3.8) is 0 Å². The molecule has 0 saturated carbocycles. The van der Waals surface area contributed by atoms with Crippen LogP contribution in [0.15, 0.2) is 66.7 Å². The van der Waals surface area contributed by atoms with Crippen molar-refractivity contribution in [3.05, 3.63) is 100 Å². The number of amides is 2. The molecular formula is C24H19NO4. The van der Waals surface area contributed by atoms with Crippen molar-refractivity contribution < 1.29 is 19.1 Å². The summed E-state index contributed by atoms with van der Waals surface area (Å²) in [4.78, 5) is 39.3. The molecule has 0 atom stereocenters. The highest BCUT2D eigenvalue weighted by atomic mass is 16.5. The lowest BCUT2D eigenvalue weighted by molar-refractivity contribution is 0.0472. The molecule has 0 spiro atoms. The number of imide groups is 1. The first-order valence-corrected chi connectivity index (χ1v) is 9.27. The first-order valence-electron chi connectivity index (χ1n) is 9.27. The van der Waals surface area contributed by atoms with Gasteiger partial charge in [0.1, 0.15) is 6.61 Å². The van der Waals surface area contributed by atoms with Crippen LogP contribution in [0.25, 0.3) is 0 Å². The number of anilines is 1. The van der Waals surface area contributed by atoms with E-state index >= 15 is 0 Å². The Balaban J connectivity index is 1.57. The van der Waals surface area contributed by atoms with E-state index in [0.717, 1.165) is 21.6 Å². The van der Waals surface area contributed by atoms with Gasteiger partial charge in [-0.3, -0.25) is 9.59 Å². The van der Waals surface area contributed by atoms with E-state index in [1.165, 1.54) is 18.2 Å². The lowest BCUT2D eigenvalue weighted by atomic mass is 10.1. The molecule has 144 valence electrons. The van der Waals surface area contributed by atoms with Crippen LogP contribution in [0.3, 0.4) is 0 Å². The molecule has 29 heavy (non-hydrogen) atoms. The normalized spacial score (nSPS) is 12.8. The van der Waals surface area contributed by atoms with Gasteiger partial charge < -0.3 is 4.74 Å². The van der Waals surface area contributed by atoms with Crippen molar-refractivity contribution in [2.24, 2.45) is 0 Å². The van der Waals surface area contributed by atoms with Crippen LogP contribution >= 0.6 is 0 Å². The maximum atomic E-state index is 12.9. The Kier molecular flexibility index (Phi) is 4.72. The molecule has 1 aliphatic rings. The molecule has 4 rings (SSSR count). The van der Waals surface area contributed by atoms with Crippen molar-refractivity contribution in [2.75, 3.05) is 4.90 Å². The third-order valence-electron chi connectivity index (χ3n) is 4.93. The molecule has 2 amide bonds. The van der Waals surface area contributed by atoms with Gasteiger partial charge in [0.2, 0.25) is 0 Å². The lowest BCUT2D eigenvalue weighted by Crippen LogP contribution is -2.29. The summed E-state index contributed by atoms with van der Waals surface area (Å²) in [6, 6.07) is 19.4. The Morgan fingerprint density at radius 1 is 0.862 bits per heavy atom. The summed E-state index contributed by atoms with van der Waals surface area (Å²) < 4.78 is 5.37. The van der Waals surface area contributed by atoms with Crippen molar-refractivity contribution in [2.45, 2.75) is 20.5 Å². The predicted octanol–water partition coefficient (Wildman–Crippen LogP) is 4.46. The van der Waals surface area contributed by atoms with Crippen LogP contribution in [0.5, 0.6) is 0 Å². The highest BCUT2D eigenvalue weighted by Gasteiger charge is 2.37. The minimum absolute atomic E-state index is 0.139. The maximum Gasteiger partial charge on any atom is 0.338 e. The largest absolute Gasteiger partial charge is 0.457 e. The van der Waals surface area contributed by atoms with Crippen molar-refractivity contribution >= 4 is 23.5 Å². The maximum absolute atomic E-state index is 12.9. The zero-order valence-electron chi connectivity index (χ0n) is 16.1. The monoisotopic (exact) mass is 385 g/mol. The molecule has 0 unspecified atom stereocenters. The van der Waals surface area contributed by atoms with Crippen molar-refractivity contribution in [3.8, 4) is 0 Å². The summed E-state index contributed by atoms with van der Waals surface area (Å²) in [6.07, 6.45) is 0. The molecular weight excluding hydrogens is 366 g/mol. The molecule has 0 radical (unpaired) electrons. The second-order valence-electron chi connectivity index (χ2n) is 7.06. The number of rotatable bonds is 4. The van der Waals surface area contributed by atoms with Crippen LogP contribution in [-0.2, 0) is 11.3 Å². The number of hydrogen-bond acceptors (Lipinski definition) is 4. The molecule has 0 aromatic heterocycles. The number of para-hydroxylation sites is 1. The third kappa shape index (κ3) is 3.43. The molecule has 5 nitrogen and oxygen atoms in total. The van der Waals surface area contributed by atoms with Crippen LogP contribution in [0, 0.1) is 13.8 Å². The zero-order chi connectivity index (χ0) is 20.5. The minimum Gasteiger partial charge on any atom is -0.457 e. The SMILES string of the molecule is Cc1cccc(COC(=O)c2ccc3c(c2)C(=O)N(c2ccccc2C)C3=O)c1. The van der Waals surface area contributed by atoms with E-state index in [4.69, 9.17) is 4.74 Å². The van der Waals surface area contributed by atoms with E-state index in [-0.39, 0.29) is 29.2 Å². The van der Waals surface area contributed by atoms with Gasteiger partial charge in [0.25, 0.3) is 11.8 Å². The summed E-state index contributed by atoms with van der Waals surface area (Å²) >= 11 is 0. The van der Waals surface area contributed by atoms with E-state index in [0.29, 0.717) is 5.69 Å². The smallest absolute Gasteiger partial charge is 0.338 e. The fourth-order valence-electron chi connectivity index (χ4n) is 3.44. The second kappa shape index (κ2) is 7.36. The van der Waals surface area contributed by atoms with Gasteiger partial charge in [-0.15, -0.1) is 0 Å². The van der Waals surface area contributed by atoms with Gasteiger partial charge in [0.15, 0.2) is 0 Å². The third-order valence-corrected chi connectivity index (χ3v) is 4.93. The van der Waals surface area contributed by atoms with Gasteiger partial charge in [-0.25, -0.2) is 9.69 Å². The van der Waals surface area contributed by atoms with Crippen molar-refractivity contribution in [1.82, 2.24) is 0 Å². The molecule has 3 aromatic rings. The molecule has 1 heterocycles. The van der Waals surface area contributed by atoms with E-state index in [2.05, 4.69) is 0 Å². The highest BCUT2D eigenvalue weighted by molar-refractivity contribution is 6.34. The van der Waals surface area contributed by atoms with Crippen LogP contribution in [0.4, 0.5) is 5.69 Å². The van der Waals surface area contributed by atoms with E-state index in [9.17, 15) is 14.4 Å². The molecule has 0 bridgehead atoms. The Morgan fingerprint density at radius 3 is 2.38 bits per heavy atom. The van der Waals surface area contributed by atoms with Gasteiger partial charge in [0, 0.05) is 0 Å². The average molecular weight is 385 g/mol. The summed E-state index contributed by atoms with van der Waals surface area (Å²) in [7, 11) is 0. The summed E-state index contributed by atoms with van der Waals surface area (Å²) in [6.45, 7) is 3.95. The molecule has 0 saturated heterocycles. The fraction of sp³-hybridized carbons (Fsp3) is 0.125. The summed E-state index contributed by atoms with van der Waals surface area (Å²) in [5.74, 6) is -1.37. The van der Waals surface area contributed by atoms with E-state index < -0.39 is 11.9 Å². The molecule has 5 heteroatoms. The second-order valence-corrected chi connectivity index (χ2v) is 7.06. The predicted molar refractivity (Wildman–Crippen MR) is 109 cm³/mol. The standard InChI is InChI=1S/C24H19NO4/c1-15-6-5-8-17(12-15)14-29-24(28)18-10-11-19-20(13-18)23(27)25(22(19)26)21-9-4-3-7-16(21)2/h3-13H,14H2,1-2H3. The molecule has 0 aliphatic carbocycles. The Bertz CT molecular complexity index is 1150. The number of hydrogen-bond donors (Lipinski definition) is 0. The Labute approximate surface area is 168 Å². The fourth-order valence-corrected chi connectivity index (χ4v) is 3.44. The average Bonchev–Trinajstić information content (AvgIpc) is 2.96. The van der Waals surface area contributed by atoms with Crippen LogP contribution in [0.1, 0.15) is 47.8 Å². The first kappa shape index (κ1) is 18.6. The number of benzene rings is 3. The first-order chi connectivity index (χ1) is 14.0. The molecule has 0 fully saturated rings. The van der Waals surface area contributed by atoms with E-state index in [1.54, 1.807) is 12.1 Å². The minimum atomic E-state index is -0.538. The van der Waals surface area contributed by atoms with Crippen LogP contribution in [0.2, 0.25) is 0 Å². The Hall–Kier alpha value is -3.73. The highest BCUT2D eigenvalue weighted by Crippen LogP contribution is 2.31. The number of fused-ring (bicyclic) bond motifs is 1. The van der Waals surface area contributed by atoms with Crippen LogP contribution in [-0.4, -0.2) is 17.8 Å². The zero-order valence-corrected chi connectivity index (χ0v) is 16.1. The Morgan fingerprint density at radius 2 is 1.62 bits per heavy atom. The number of carbonyl (C=O) groups excluding carboxylic acids is 3. The number of esters is 1. The van der Waals surface area contributed by atoms with Gasteiger partial charge in [0.05, 0.1) is 22.4 Å². The molecule has 3 aromatic carbocycles. The van der Waals surface area contributed by atoms with Crippen LogP contribution < -0.4 is 4.90 Å². The lowest BCUT2D eigenvalue weighted by Gasteiger charge is -2.16. The molecule has 1 aliphatic heterocycles. The number of carbonyl (C=O) groups is 3. The van der Waals surface area contributed by atoms with Crippen molar-refractivity contribution in [1.29, 1.82) is 0 Å².